The molecule has 0 aliphatic heterocycles. The number of thiazole rings is 1. The van der Waals surface area contributed by atoms with Crippen LogP contribution in [0.15, 0.2) is 34.6 Å². The van der Waals surface area contributed by atoms with Crippen molar-refractivity contribution in [3.05, 3.63) is 40.9 Å². The molecule has 0 atom stereocenters. The molecule has 0 aliphatic carbocycles. The molecule has 1 aromatic carbocycles. The quantitative estimate of drug-likeness (QED) is 0.475. The van der Waals surface area contributed by atoms with Gasteiger partial charge in [0, 0.05) is 10.9 Å². The van der Waals surface area contributed by atoms with Gasteiger partial charge in [-0.25, -0.2) is 9.98 Å². The van der Waals surface area contributed by atoms with Crippen molar-refractivity contribution in [2.75, 3.05) is 19.5 Å². The number of hydrogen-bond acceptors (Lipinski definition) is 6. The van der Waals surface area contributed by atoms with Gasteiger partial charge in [-0.15, -0.1) is 11.3 Å². The zero-order valence-corrected chi connectivity index (χ0v) is 13.7. The van der Waals surface area contributed by atoms with Crippen LogP contribution in [0, 0.1) is 0 Å². The molecule has 0 spiro atoms. The number of rotatable bonds is 6. The molecule has 1 aromatic heterocycles. The lowest BCUT2D eigenvalue weighted by atomic mass is 10.2. The third-order valence-electron chi connectivity index (χ3n) is 2.95. The highest BCUT2D eigenvalue weighted by Crippen LogP contribution is 2.18. The number of nitrogens with one attached hydrogen (secondary N) is 1. The van der Waals surface area contributed by atoms with E-state index in [9.17, 15) is 4.79 Å². The van der Waals surface area contributed by atoms with Gasteiger partial charge in [0.1, 0.15) is 5.75 Å². The fourth-order valence-electron chi connectivity index (χ4n) is 1.82. The zero-order valence-electron chi connectivity index (χ0n) is 12.9. The van der Waals surface area contributed by atoms with Crippen LogP contribution >= 0.6 is 11.3 Å². The Morgan fingerprint density at radius 1 is 1.39 bits per heavy atom. The van der Waals surface area contributed by atoms with E-state index >= 15 is 0 Å². The van der Waals surface area contributed by atoms with Gasteiger partial charge in [0.15, 0.2) is 11.1 Å². The first-order chi connectivity index (χ1) is 11.1. The molecule has 0 saturated heterocycles. The number of aromatic nitrogens is 1. The zero-order chi connectivity index (χ0) is 16.7. The van der Waals surface area contributed by atoms with Crippen molar-refractivity contribution >= 4 is 28.4 Å². The summed E-state index contributed by atoms with van der Waals surface area (Å²) >= 11 is 1.34. The minimum atomic E-state index is -0.334. The van der Waals surface area contributed by atoms with Gasteiger partial charge < -0.3 is 20.5 Å². The van der Waals surface area contributed by atoms with E-state index in [2.05, 4.69) is 20.0 Å². The van der Waals surface area contributed by atoms with Crippen LogP contribution in [0.4, 0.5) is 5.13 Å². The number of guanidine groups is 1. The molecule has 2 rings (SSSR count). The van der Waals surface area contributed by atoms with E-state index in [4.69, 9.17) is 10.5 Å². The van der Waals surface area contributed by atoms with Gasteiger partial charge in [-0.3, -0.25) is 4.79 Å². The van der Waals surface area contributed by atoms with E-state index in [1.54, 1.807) is 12.5 Å². The first kappa shape index (κ1) is 16.8. The Kier molecular flexibility index (Phi) is 5.93. The fourth-order valence-corrected chi connectivity index (χ4v) is 2.54. The largest absolute Gasteiger partial charge is 0.496 e. The summed E-state index contributed by atoms with van der Waals surface area (Å²) in [4.78, 5) is 19.7. The normalized spacial score (nSPS) is 11.1. The summed E-state index contributed by atoms with van der Waals surface area (Å²) in [5.74, 6) is 0.674. The molecule has 0 saturated carbocycles. The summed E-state index contributed by atoms with van der Waals surface area (Å²) in [6, 6.07) is 7.60. The Morgan fingerprint density at radius 3 is 2.91 bits per heavy atom. The molecular formula is C15H18N4O3S. The maximum Gasteiger partial charge on any atom is 0.311 e. The smallest absolute Gasteiger partial charge is 0.311 e. The molecule has 0 radical (unpaired) electrons. The number of hydrogen-bond donors (Lipinski definition) is 2. The SMILES string of the molecule is COC(=O)Cc1csc(NC(N)=NCc2ccccc2OC)n1. The predicted octanol–water partition coefficient (Wildman–Crippen LogP) is 1.79. The number of nitrogens with two attached hydrogens (primary N) is 1. The molecule has 7 nitrogen and oxygen atoms in total. The molecule has 122 valence electrons. The number of esters is 1. The highest BCUT2D eigenvalue weighted by atomic mass is 32.1. The van der Waals surface area contributed by atoms with E-state index in [1.807, 2.05) is 24.3 Å². The Balaban J connectivity index is 1.96. The third-order valence-corrected chi connectivity index (χ3v) is 3.76. The maximum absolute atomic E-state index is 11.2. The second-order valence-electron chi connectivity index (χ2n) is 4.54. The Bertz CT molecular complexity index is 700. The summed E-state index contributed by atoms with van der Waals surface area (Å²) in [6.07, 6.45) is 0.132. The third kappa shape index (κ3) is 4.96. The van der Waals surface area contributed by atoms with Gasteiger partial charge >= 0.3 is 5.97 Å². The first-order valence-corrected chi connectivity index (χ1v) is 7.70. The van der Waals surface area contributed by atoms with Crippen molar-refractivity contribution in [1.82, 2.24) is 4.98 Å². The van der Waals surface area contributed by atoms with Crippen LogP contribution in [-0.4, -0.2) is 31.1 Å². The van der Waals surface area contributed by atoms with E-state index in [0.717, 1.165) is 11.3 Å². The Hall–Kier alpha value is -2.61. The molecule has 0 fully saturated rings. The second kappa shape index (κ2) is 8.14. The van der Waals surface area contributed by atoms with E-state index in [1.165, 1.54) is 18.4 Å². The maximum atomic E-state index is 11.2. The highest BCUT2D eigenvalue weighted by molar-refractivity contribution is 7.13. The van der Waals surface area contributed by atoms with Crippen LogP contribution in [-0.2, 0) is 22.5 Å². The van der Waals surface area contributed by atoms with Crippen molar-refractivity contribution in [3.8, 4) is 5.75 Å². The van der Waals surface area contributed by atoms with Gasteiger partial charge in [-0.05, 0) is 6.07 Å². The number of nitrogens with zero attached hydrogens (tertiary/aromatic N) is 2. The predicted molar refractivity (Wildman–Crippen MR) is 89.8 cm³/mol. The van der Waals surface area contributed by atoms with Crippen molar-refractivity contribution < 1.29 is 14.3 Å². The second-order valence-corrected chi connectivity index (χ2v) is 5.39. The lowest BCUT2D eigenvalue weighted by Crippen LogP contribution is -2.22. The Morgan fingerprint density at radius 2 is 2.17 bits per heavy atom. The van der Waals surface area contributed by atoms with Crippen LogP contribution in [0.1, 0.15) is 11.3 Å². The van der Waals surface area contributed by atoms with Crippen LogP contribution in [0.5, 0.6) is 5.75 Å². The topological polar surface area (TPSA) is 98.8 Å². The summed E-state index contributed by atoms with van der Waals surface area (Å²) in [5.41, 5.74) is 7.42. The van der Waals surface area contributed by atoms with E-state index in [-0.39, 0.29) is 18.3 Å². The molecule has 1 heterocycles. The molecule has 2 aromatic rings. The molecule has 8 heteroatoms. The van der Waals surface area contributed by atoms with Crippen LogP contribution < -0.4 is 15.8 Å². The number of carbonyl (C=O) groups is 1. The van der Waals surface area contributed by atoms with Crippen molar-refractivity contribution in [3.63, 3.8) is 0 Å². The summed E-state index contributed by atoms with van der Waals surface area (Å²) in [6.45, 7) is 0.392. The number of anilines is 1. The monoisotopic (exact) mass is 334 g/mol. The van der Waals surface area contributed by atoms with Gasteiger partial charge in [0.2, 0.25) is 0 Å². The van der Waals surface area contributed by atoms with Crippen LogP contribution in [0.3, 0.4) is 0 Å². The fraction of sp³-hybridized carbons (Fsp3) is 0.267. The number of aliphatic imine (C=N–C) groups is 1. The number of benzene rings is 1. The lowest BCUT2D eigenvalue weighted by molar-refractivity contribution is -0.139. The Labute approximate surface area is 138 Å². The van der Waals surface area contributed by atoms with Gasteiger partial charge in [0.05, 0.1) is 32.9 Å². The number of ether oxygens (including phenoxy) is 2. The average molecular weight is 334 g/mol. The van der Waals surface area contributed by atoms with Crippen molar-refractivity contribution in [2.45, 2.75) is 13.0 Å². The summed E-state index contributed by atoms with van der Waals surface area (Å²) in [7, 11) is 2.96. The lowest BCUT2D eigenvalue weighted by Gasteiger charge is -2.06. The molecule has 0 aliphatic rings. The van der Waals surface area contributed by atoms with Crippen molar-refractivity contribution in [1.29, 1.82) is 0 Å². The minimum absolute atomic E-state index is 0.132. The van der Waals surface area contributed by atoms with Crippen LogP contribution in [0.25, 0.3) is 0 Å². The molecule has 0 unspecified atom stereocenters. The summed E-state index contributed by atoms with van der Waals surface area (Å²) in [5, 5.41) is 5.25. The number of carbonyl (C=O) groups excluding carboxylic acids is 1. The minimum Gasteiger partial charge on any atom is -0.496 e. The van der Waals surface area contributed by atoms with E-state index < -0.39 is 0 Å². The average Bonchev–Trinajstić information content (AvgIpc) is 2.99. The standard InChI is InChI=1S/C15H18N4O3S/c1-21-12-6-4-3-5-10(12)8-17-14(16)19-15-18-11(9-23-15)7-13(20)22-2/h3-6,9H,7-8H2,1-2H3,(H3,16,17,18,19). The summed E-state index contributed by atoms with van der Waals surface area (Å²) < 4.78 is 9.86. The molecule has 0 bridgehead atoms. The molecule has 3 N–H and O–H groups in total. The van der Waals surface area contributed by atoms with Gasteiger partial charge in [-0.2, -0.15) is 0 Å². The van der Waals surface area contributed by atoms with Crippen molar-refractivity contribution in [2.24, 2.45) is 10.7 Å². The number of methoxy groups -OCH3 is 2. The van der Waals surface area contributed by atoms with Gasteiger partial charge in [-0.1, -0.05) is 18.2 Å². The van der Waals surface area contributed by atoms with E-state index in [0.29, 0.717) is 17.4 Å². The number of para-hydroxylation sites is 1. The van der Waals surface area contributed by atoms with Crippen LogP contribution in [0.2, 0.25) is 0 Å². The molecular weight excluding hydrogens is 316 g/mol. The van der Waals surface area contributed by atoms with Gasteiger partial charge in [0.25, 0.3) is 0 Å². The molecule has 23 heavy (non-hydrogen) atoms. The highest BCUT2D eigenvalue weighted by Gasteiger charge is 2.08. The molecule has 0 amide bonds. The first-order valence-electron chi connectivity index (χ1n) is 6.82.